The molecule has 0 saturated carbocycles. The molecule has 0 bridgehead atoms. The third kappa shape index (κ3) is 3.28. The molecule has 0 atom stereocenters. The Hall–Kier alpha value is -1.07. The van der Waals surface area contributed by atoms with Gasteiger partial charge in [-0.25, -0.2) is 0 Å². The van der Waals surface area contributed by atoms with E-state index in [0.717, 1.165) is 14.9 Å². The van der Waals surface area contributed by atoms with Gasteiger partial charge in [-0.1, -0.05) is 6.07 Å². The first kappa shape index (κ1) is 14.3. The zero-order chi connectivity index (χ0) is 14.0. The smallest absolute Gasteiger partial charge is 0.267 e. The van der Waals surface area contributed by atoms with Crippen molar-refractivity contribution in [2.75, 3.05) is 0 Å². The number of carbonyl (C=O) groups is 1. The number of aliphatic imine (C=N–C) groups is 1. The Labute approximate surface area is 122 Å². The summed E-state index contributed by atoms with van der Waals surface area (Å²) >= 11 is 3.11. The molecule has 1 aromatic heterocycles. The minimum absolute atomic E-state index is 0.0628. The van der Waals surface area contributed by atoms with Gasteiger partial charge in [-0.3, -0.25) is 14.7 Å². The van der Waals surface area contributed by atoms with E-state index < -0.39 is 0 Å². The lowest BCUT2D eigenvalue weighted by atomic mass is 10.3. The standard InChI is InChI=1S/C14H18N2OS2/c1-9(2)15-14-16(10(3)4)13(17)12(19-14)8-11-6-5-7-18-11/h5-10H,1-4H3/b12-8+,15-14?. The number of amidine groups is 1. The summed E-state index contributed by atoms with van der Waals surface area (Å²) in [6.07, 6.45) is 1.95. The van der Waals surface area contributed by atoms with Crippen LogP contribution < -0.4 is 0 Å². The van der Waals surface area contributed by atoms with E-state index in [1.165, 1.54) is 11.8 Å². The number of hydrogen-bond acceptors (Lipinski definition) is 4. The number of thioether (sulfide) groups is 1. The normalized spacial score (nSPS) is 20.5. The van der Waals surface area contributed by atoms with Crippen molar-refractivity contribution >= 4 is 40.2 Å². The molecule has 1 fully saturated rings. The highest BCUT2D eigenvalue weighted by Crippen LogP contribution is 2.34. The van der Waals surface area contributed by atoms with Crippen molar-refractivity contribution in [1.29, 1.82) is 0 Å². The molecular formula is C14H18N2OS2. The van der Waals surface area contributed by atoms with E-state index in [1.54, 1.807) is 16.2 Å². The van der Waals surface area contributed by atoms with Crippen molar-refractivity contribution in [3.63, 3.8) is 0 Å². The molecule has 0 N–H and O–H groups in total. The number of thiophene rings is 1. The van der Waals surface area contributed by atoms with Crippen LogP contribution in [0.2, 0.25) is 0 Å². The maximum Gasteiger partial charge on any atom is 0.267 e. The van der Waals surface area contributed by atoms with E-state index in [1.807, 2.05) is 51.3 Å². The lowest BCUT2D eigenvalue weighted by Crippen LogP contribution is -2.35. The fourth-order valence-corrected chi connectivity index (χ4v) is 3.71. The van der Waals surface area contributed by atoms with E-state index in [0.29, 0.717) is 0 Å². The van der Waals surface area contributed by atoms with Crippen LogP contribution in [0.15, 0.2) is 27.4 Å². The molecule has 2 rings (SSSR count). The zero-order valence-corrected chi connectivity index (χ0v) is 13.2. The largest absolute Gasteiger partial charge is 0.284 e. The van der Waals surface area contributed by atoms with Crippen LogP contribution >= 0.6 is 23.1 Å². The van der Waals surface area contributed by atoms with Crippen molar-refractivity contribution < 1.29 is 4.79 Å². The number of nitrogens with zero attached hydrogens (tertiary/aromatic N) is 2. The second-order valence-corrected chi connectivity index (χ2v) is 6.89. The molecule has 0 aromatic carbocycles. The highest BCUT2D eigenvalue weighted by molar-refractivity contribution is 8.18. The maximum atomic E-state index is 12.4. The van der Waals surface area contributed by atoms with Crippen LogP contribution in [-0.4, -0.2) is 28.1 Å². The highest BCUT2D eigenvalue weighted by atomic mass is 32.2. The molecule has 102 valence electrons. The van der Waals surface area contributed by atoms with Gasteiger partial charge in [0.2, 0.25) is 0 Å². The van der Waals surface area contributed by atoms with Gasteiger partial charge in [-0.2, -0.15) is 0 Å². The summed E-state index contributed by atoms with van der Waals surface area (Å²) in [6, 6.07) is 4.33. The van der Waals surface area contributed by atoms with Crippen LogP contribution in [-0.2, 0) is 4.79 Å². The number of amides is 1. The van der Waals surface area contributed by atoms with Gasteiger partial charge < -0.3 is 0 Å². The Morgan fingerprint density at radius 3 is 2.58 bits per heavy atom. The lowest BCUT2D eigenvalue weighted by molar-refractivity contribution is -0.123. The molecule has 2 heterocycles. The Morgan fingerprint density at radius 2 is 2.05 bits per heavy atom. The predicted octanol–water partition coefficient (Wildman–Crippen LogP) is 3.84. The first-order valence-electron chi connectivity index (χ1n) is 6.33. The quantitative estimate of drug-likeness (QED) is 0.794. The van der Waals surface area contributed by atoms with Crippen LogP contribution in [0.25, 0.3) is 6.08 Å². The molecule has 1 aromatic rings. The first-order chi connectivity index (χ1) is 8.99. The SMILES string of the molecule is CC(C)N=C1S/C(=C/c2cccs2)C(=O)N1C(C)C. The molecule has 0 spiro atoms. The van der Waals surface area contributed by atoms with E-state index in [4.69, 9.17) is 0 Å². The second kappa shape index (κ2) is 5.92. The molecule has 19 heavy (non-hydrogen) atoms. The summed E-state index contributed by atoms with van der Waals surface area (Å²) in [5.74, 6) is 0.0628. The Bertz CT molecular complexity index is 516. The number of rotatable bonds is 3. The third-order valence-electron chi connectivity index (χ3n) is 2.54. The van der Waals surface area contributed by atoms with Crippen LogP contribution in [0.3, 0.4) is 0 Å². The molecule has 0 unspecified atom stereocenters. The molecule has 1 aliphatic heterocycles. The lowest BCUT2D eigenvalue weighted by Gasteiger charge is -2.20. The molecule has 1 saturated heterocycles. The van der Waals surface area contributed by atoms with Crippen molar-refractivity contribution in [2.24, 2.45) is 4.99 Å². The zero-order valence-electron chi connectivity index (χ0n) is 11.6. The van der Waals surface area contributed by atoms with Crippen LogP contribution in [0, 0.1) is 0 Å². The van der Waals surface area contributed by atoms with Gasteiger partial charge in [0.1, 0.15) is 0 Å². The van der Waals surface area contributed by atoms with Gasteiger partial charge >= 0.3 is 0 Å². The Balaban J connectivity index is 2.33. The number of carbonyl (C=O) groups excluding carboxylic acids is 1. The molecular weight excluding hydrogens is 276 g/mol. The van der Waals surface area contributed by atoms with Crippen LogP contribution in [0.4, 0.5) is 0 Å². The Morgan fingerprint density at radius 1 is 1.32 bits per heavy atom. The summed E-state index contributed by atoms with van der Waals surface area (Å²) in [7, 11) is 0. The van der Waals surface area contributed by atoms with Gasteiger partial charge in [0.05, 0.1) is 4.91 Å². The molecule has 5 heteroatoms. The number of hydrogen-bond donors (Lipinski definition) is 0. The predicted molar refractivity (Wildman–Crippen MR) is 84.4 cm³/mol. The topological polar surface area (TPSA) is 32.7 Å². The van der Waals surface area contributed by atoms with Gasteiger partial charge in [0.15, 0.2) is 5.17 Å². The van der Waals surface area contributed by atoms with Gasteiger partial charge in [-0.05, 0) is 57.0 Å². The van der Waals surface area contributed by atoms with E-state index in [9.17, 15) is 4.79 Å². The minimum atomic E-state index is 0.0628. The fraction of sp³-hybridized carbons (Fsp3) is 0.429. The Kier molecular flexibility index (Phi) is 4.47. The molecule has 0 aliphatic carbocycles. The summed E-state index contributed by atoms with van der Waals surface area (Å²) in [6.45, 7) is 8.08. The molecule has 3 nitrogen and oxygen atoms in total. The second-order valence-electron chi connectivity index (χ2n) is 4.90. The van der Waals surface area contributed by atoms with E-state index in [2.05, 4.69) is 4.99 Å². The monoisotopic (exact) mass is 294 g/mol. The van der Waals surface area contributed by atoms with E-state index >= 15 is 0 Å². The van der Waals surface area contributed by atoms with Gasteiger partial charge in [-0.15, -0.1) is 11.3 Å². The minimum Gasteiger partial charge on any atom is -0.284 e. The summed E-state index contributed by atoms with van der Waals surface area (Å²) in [5.41, 5.74) is 0. The third-order valence-corrected chi connectivity index (χ3v) is 4.35. The average molecular weight is 294 g/mol. The van der Waals surface area contributed by atoms with Crippen molar-refractivity contribution in [1.82, 2.24) is 4.90 Å². The molecule has 1 aliphatic rings. The fourth-order valence-electron chi connectivity index (χ4n) is 1.76. The summed E-state index contributed by atoms with van der Waals surface area (Å²) in [4.78, 5) is 20.6. The molecule has 1 amide bonds. The summed E-state index contributed by atoms with van der Waals surface area (Å²) < 4.78 is 0. The van der Waals surface area contributed by atoms with Crippen molar-refractivity contribution in [2.45, 2.75) is 39.8 Å². The van der Waals surface area contributed by atoms with Gasteiger partial charge in [0.25, 0.3) is 5.91 Å². The van der Waals surface area contributed by atoms with Crippen molar-refractivity contribution in [3.8, 4) is 0 Å². The van der Waals surface area contributed by atoms with E-state index in [-0.39, 0.29) is 18.0 Å². The summed E-state index contributed by atoms with van der Waals surface area (Å²) in [5, 5.41) is 2.83. The first-order valence-corrected chi connectivity index (χ1v) is 8.03. The highest BCUT2D eigenvalue weighted by Gasteiger charge is 2.35. The van der Waals surface area contributed by atoms with Crippen LogP contribution in [0.5, 0.6) is 0 Å². The molecule has 0 radical (unpaired) electrons. The van der Waals surface area contributed by atoms with Crippen molar-refractivity contribution in [3.05, 3.63) is 27.3 Å². The van der Waals surface area contributed by atoms with Gasteiger partial charge in [0, 0.05) is 17.0 Å². The average Bonchev–Trinajstić information content (AvgIpc) is 2.88. The van der Waals surface area contributed by atoms with Crippen LogP contribution in [0.1, 0.15) is 32.6 Å². The maximum absolute atomic E-state index is 12.4.